The zero-order valence-corrected chi connectivity index (χ0v) is 10.9. The minimum atomic E-state index is -0.419. The summed E-state index contributed by atoms with van der Waals surface area (Å²) in [4.78, 5) is 11.7. The van der Waals surface area contributed by atoms with Crippen molar-refractivity contribution in [3.05, 3.63) is 0 Å². The van der Waals surface area contributed by atoms with Crippen LogP contribution in [0.15, 0.2) is 0 Å². The average molecular weight is 228 g/mol. The van der Waals surface area contributed by atoms with Crippen molar-refractivity contribution in [2.24, 2.45) is 0 Å². The summed E-state index contributed by atoms with van der Waals surface area (Å²) < 4.78 is 5.28. The van der Waals surface area contributed by atoms with Gasteiger partial charge >= 0.3 is 6.09 Å². The Bertz CT molecular complexity index is 242. The van der Waals surface area contributed by atoms with Gasteiger partial charge in [-0.25, -0.2) is 4.79 Å². The fourth-order valence-electron chi connectivity index (χ4n) is 1.93. The number of hydrogen-bond acceptors (Lipinski definition) is 3. The third-order valence-corrected chi connectivity index (χ3v) is 2.93. The Labute approximate surface area is 98.1 Å². The quantitative estimate of drug-likeness (QED) is 0.774. The maximum absolute atomic E-state index is 11.7. The Kier molecular flexibility index (Phi) is 4.19. The van der Waals surface area contributed by atoms with Crippen LogP contribution in [0.3, 0.4) is 0 Å². The van der Waals surface area contributed by atoms with E-state index in [1.54, 1.807) is 0 Å². The molecule has 1 aliphatic rings. The molecule has 1 amide bonds. The lowest BCUT2D eigenvalue weighted by molar-refractivity contribution is 0.0372. The molecule has 0 bridgehead atoms. The molecule has 0 aromatic carbocycles. The first-order valence-corrected chi connectivity index (χ1v) is 6.03. The van der Waals surface area contributed by atoms with Crippen LogP contribution in [0.2, 0.25) is 0 Å². The Morgan fingerprint density at radius 2 is 2.00 bits per heavy atom. The molecule has 1 saturated carbocycles. The van der Waals surface area contributed by atoms with Crippen molar-refractivity contribution in [2.75, 3.05) is 13.6 Å². The topological polar surface area (TPSA) is 50.4 Å². The van der Waals surface area contributed by atoms with Crippen molar-refractivity contribution in [2.45, 2.75) is 57.6 Å². The summed E-state index contributed by atoms with van der Waals surface area (Å²) in [6, 6.07) is 0. The summed E-state index contributed by atoms with van der Waals surface area (Å²) >= 11 is 0. The number of carbonyl (C=O) groups excluding carboxylic acids is 1. The van der Waals surface area contributed by atoms with Crippen molar-refractivity contribution < 1.29 is 9.53 Å². The average Bonchev–Trinajstić information content (AvgIpc) is 2.06. The van der Waals surface area contributed by atoms with E-state index in [0.29, 0.717) is 0 Å². The summed E-state index contributed by atoms with van der Waals surface area (Å²) in [5.41, 5.74) is -0.441. The van der Waals surface area contributed by atoms with Crippen LogP contribution in [0.5, 0.6) is 0 Å². The van der Waals surface area contributed by atoms with E-state index in [2.05, 4.69) is 10.6 Å². The number of ether oxygens (including phenoxy) is 1. The highest BCUT2D eigenvalue weighted by Crippen LogP contribution is 2.34. The molecule has 2 N–H and O–H groups in total. The van der Waals surface area contributed by atoms with Gasteiger partial charge in [0.1, 0.15) is 5.60 Å². The fourth-order valence-corrected chi connectivity index (χ4v) is 1.93. The maximum atomic E-state index is 11.7. The second-order valence-corrected chi connectivity index (χ2v) is 5.61. The second-order valence-electron chi connectivity index (χ2n) is 5.61. The lowest BCUT2D eigenvalue weighted by atomic mass is 9.74. The van der Waals surface area contributed by atoms with Gasteiger partial charge < -0.3 is 15.4 Å². The molecule has 0 saturated heterocycles. The van der Waals surface area contributed by atoms with Crippen LogP contribution in [0.1, 0.15) is 46.5 Å². The van der Waals surface area contributed by atoms with Gasteiger partial charge in [0.25, 0.3) is 0 Å². The van der Waals surface area contributed by atoms with Gasteiger partial charge in [0, 0.05) is 5.54 Å². The maximum Gasteiger partial charge on any atom is 0.408 e. The van der Waals surface area contributed by atoms with Gasteiger partial charge in [-0.15, -0.1) is 0 Å². The van der Waals surface area contributed by atoms with Gasteiger partial charge in [-0.3, -0.25) is 0 Å². The molecular weight excluding hydrogens is 204 g/mol. The minimum absolute atomic E-state index is 0.0225. The highest BCUT2D eigenvalue weighted by atomic mass is 16.6. The number of carbonyl (C=O) groups is 1. The van der Waals surface area contributed by atoms with Gasteiger partial charge in [-0.1, -0.05) is 0 Å². The molecule has 1 rings (SSSR count). The van der Waals surface area contributed by atoms with E-state index in [1.165, 1.54) is 6.42 Å². The molecule has 0 spiro atoms. The fraction of sp³-hybridized carbons (Fsp3) is 0.917. The van der Waals surface area contributed by atoms with Crippen LogP contribution in [0, 0.1) is 0 Å². The Morgan fingerprint density at radius 3 is 2.38 bits per heavy atom. The summed E-state index contributed by atoms with van der Waals surface area (Å²) in [6.45, 7) is 6.57. The Morgan fingerprint density at radius 1 is 1.38 bits per heavy atom. The standard InChI is InChI=1S/C12H24N2O2/c1-11(2,3)16-10(15)14-12(6-5-7-12)8-9-13-4/h13H,5-9H2,1-4H3,(H,14,15). The molecule has 16 heavy (non-hydrogen) atoms. The first kappa shape index (κ1) is 13.3. The predicted octanol–water partition coefficient (Wildman–Crippen LogP) is 2.04. The minimum Gasteiger partial charge on any atom is -0.444 e. The van der Waals surface area contributed by atoms with Crippen LogP contribution in [0.4, 0.5) is 4.79 Å². The molecule has 0 radical (unpaired) electrons. The normalized spacial score (nSPS) is 18.8. The van der Waals surface area contributed by atoms with E-state index in [1.807, 2.05) is 27.8 Å². The summed E-state index contributed by atoms with van der Waals surface area (Å²) in [5.74, 6) is 0. The molecule has 1 fully saturated rings. The van der Waals surface area contributed by atoms with E-state index >= 15 is 0 Å². The summed E-state index contributed by atoms with van der Waals surface area (Å²) in [5, 5.41) is 6.14. The highest BCUT2D eigenvalue weighted by Gasteiger charge is 2.38. The van der Waals surface area contributed by atoms with E-state index in [0.717, 1.165) is 25.8 Å². The van der Waals surface area contributed by atoms with Crippen molar-refractivity contribution in [3.63, 3.8) is 0 Å². The van der Waals surface area contributed by atoms with Crippen molar-refractivity contribution >= 4 is 6.09 Å². The Hall–Kier alpha value is -0.770. The number of nitrogens with one attached hydrogen (secondary N) is 2. The number of alkyl carbamates (subject to hydrolysis) is 1. The Balaban J connectivity index is 2.41. The number of amides is 1. The molecule has 0 atom stereocenters. The molecule has 4 heteroatoms. The van der Waals surface area contributed by atoms with Crippen LogP contribution in [0.25, 0.3) is 0 Å². The number of hydrogen-bond donors (Lipinski definition) is 2. The van der Waals surface area contributed by atoms with Crippen molar-refractivity contribution in [1.29, 1.82) is 0 Å². The zero-order valence-electron chi connectivity index (χ0n) is 10.9. The lowest BCUT2D eigenvalue weighted by Gasteiger charge is -2.42. The van der Waals surface area contributed by atoms with Crippen molar-refractivity contribution in [1.82, 2.24) is 10.6 Å². The molecule has 0 aliphatic heterocycles. The lowest BCUT2D eigenvalue weighted by Crippen LogP contribution is -2.55. The first-order chi connectivity index (χ1) is 7.37. The molecule has 1 aliphatic carbocycles. The third-order valence-electron chi connectivity index (χ3n) is 2.93. The molecule has 0 aromatic heterocycles. The summed E-state index contributed by atoms with van der Waals surface area (Å²) in [6.07, 6.45) is 4.01. The molecule has 4 nitrogen and oxygen atoms in total. The molecule has 0 heterocycles. The predicted molar refractivity (Wildman–Crippen MR) is 64.5 cm³/mol. The molecule has 0 unspecified atom stereocenters. The third kappa shape index (κ3) is 4.00. The van der Waals surface area contributed by atoms with E-state index in [-0.39, 0.29) is 11.6 Å². The van der Waals surface area contributed by atoms with Gasteiger partial charge in [0.2, 0.25) is 0 Å². The first-order valence-electron chi connectivity index (χ1n) is 6.03. The molecular formula is C12H24N2O2. The van der Waals surface area contributed by atoms with E-state index < -0.39 is 5.60 Å². The van der Waals surface area contributed by atoms with Gasteiger partial charge in [-0.2, -0.15) is 0 Å². The summed E-state index contributed by atoms with van der Waals surface area (Å²) in [7, 11) is 1.93. The molecule has 94 valence electrons. The van der Waals surface area contributed by atoms with Crippen LogP contribution in [-0.2, 0) is 4.74 Å². The van der Waals surface area contributed by atoms with Crippen LogP contribution >= 0.6 is 0 Å². The van der Waals surface area contributed by atoms with E-state index in [9.17, 15) is 4.79 Å². The highest BCUT2D eigenvalue weighted by molar-refractivity contribution is 5.69. The largest absolute Gasteiger partial charge is 0.444 e. The van der Waals surface area contributed by atoms with E-state index in [4.69, 9.17) is 4.74 Å². The van der Waals surface area contributed by atoms with Gasteiger partial charge in [0.15, 0.2) is 0 Å². The SMILES string of the molecule is CNCCC1(NC(=O)OC(C)(C)C)CCC1. The second kappa shape index (κ2) is 5.04. The van der Waals surface area contributed by atoms with Crippen molar-refractivity contribution in [3.8, 4) is 0 Å². The van der Waals surface area contributed by atoms with Crippen LogP contribution < -0.4 is 10.6 Å². The number of rotatable bonds is 4. The zero-order chi connectivity index (χ0) is 12.2. The van der Waals surface area contributed by atoms with Gasteiger partial charge in [0.05, 0.1) is 0 Å². The van der Waals surface area contributed by atoms with Crippen LogP contribution in [-0.4, -0.2) is 30.8 Å². The monoisotopic (exact) mass is 228 g/mol. The smallest absolute Gasteiger partial charge is 0.408 e. The molecule has 0 aromatic rings. The van der Waals surface area contributed by atoms with Gasteiger partial charge in [-0.05, 0) is 60.0 Å².